The van der Waals surface area contributed by atoms with Crippen LogP contribution in [0.1, 0.15) is 87.0 Å². The molecule has 0 saturated heterocycles. The molecule has 4 heteroatoms. The maximum atomic E-state index is 5.65. The van der Waals surface area contributed by atoms with E-state index in [-0.39, 0.29) is 0 Å². The van der Waals surface area contributed by atoms with E-state index in [1.165, 1.54) is 70.8 Å². The third kappa shape index (κ3) is 7.66. The predicted molar refractivity (Wildman–Crippen MR) is 154 cm³/mol. The fourth-order valence-corrected chi connectivity index (χ4v) is 14.6. The van der Waals surface area contributed by atoms with Crippen LogP contribution in [-0.4, -0.2) is 6.22 Å². The summed E-state index contributed by atoms with van der Waals surface area (Å²) in [6.07, 6.45) is 10.1. The average Bonchev–Trinajstić information content (AvgIpc) is 3.80. The molecular formula is C31H37Cl2HfSi-2. The molecule has 1 radical (unpaired) electrons. The Morgan fingerprint density at radius 2 is 1.23 bits per heavy atom. The summed E-state index contributed by atoms with van der Waals surface area (Å²) in [4.78, 5) is 0. The Kier molecular flexibility index (Phi) is 10.3. The van der Waals surface area contributed by atoms with Crippen molar-refractivity contribution < 1.29 is 17.7 Å². The summed E-state index contributed by atoms with van der Waals surface area (Å²) in [7, 11) is 11.3. The molecule has 0 spiro atoms. The molecule has 0 aromatic heterocycles. The van der Waals surface area contributed by atoms with E-state index in [4.69, 9.17) is 17.2 Å². The van der Waals surface area contributed by atoms with Gasteiger partial charge < -0.3 is 0 Å². The molecule has 185 valence electrons. The van der Waals surface area contributed by atoms with Crippen LogP contribution >= 0.6 is 17.2 Å². The van der Waals surface area contributed by atoms with Gasteiger partial charge in [-0.25, -0.2) is 0 Å². The van der Waals surface area contributed by atoms with Gasteiger partial charge in [0, 0.05) is 0 Å². The van der Waals surface area contributed by atoms with Gasteiger partial charge in [-0.3, -0.25) is 0 Å². The van der Waals surface area contributed by atoms with Gasteiger partial charge in [-0.2, -0.15) is 12.1 Å². The Labute approximate surface area is 227 Å². The summed E-state index contributed by atoms with van der Waals surface area (Å²) < 4.78 is 0. The molecular weight excluding hydrogens is 650 g/mol. The van der Waals surface area contributed by atoms with Crippen molar-refractivity contribution in [3.05, 3.63) is 82.9 Å². The van der Waals surface area contributed by atoms with Crippen molar-refractivity contribution in [1.29, 1.82) is 0 Å². The molecule has 35 heavy (non-hydrogen) atoms. The van der Waals surface area contributed by atoms with Crippen LogP contribution < -0.4 is 0 Å². The van der Waals surface area contributed by atoms with E-state index in [1.807, 2.05) is 0 Å². The van der Waals surface area contributed by atoms with Crippen LogP contribution in [0.15, 0.2) is 60.7 Å². The summed E-state index contributed by atoms with van der Waals surface area (Å²) in [6.45, 7) is 6.62. The Morgan fingerprint density at radius 3 is 1.54 bits per heavy atom. The van der Waals surface area contributed by atoms with Gasteiger partial charge in [0.2, 0.25) is 0 Å². The molecule has 6 rings (SSSR count). The monoisotopic (exact) mass is 687 g/mol. The first kappa shape index (κ1) is 27.4. The first-order chi connectivity index (χ1) is 17.0. The molecule has 2 aliphatic carbocycles. The number of hydrogen-bond donors (Lipinski definition) is 0. The fourth-order valence-electron chi connectivity index (χ4n) is 4.77. The van der Waals surface area contributed by atoms with Crippen LogP contribution in [0.25, 0.3) is 21.5 Å². The molecule has 4 aromatic rings. The van der Waals surface area contributed by atoms with E-state index >= 15 is 0 Å². The molecule has 0 bridgehead atoms. The smallest absolute Gasteiger partial charge is 0.0251 e. The summed E-state index contributed by atoms with van der Waals surface area (Å²) in [5.74, 6) is 1.73. The van der Waals surface area contributed by atoms with E-state index in [9.17, 15) is 0 Å². The number of fused-ring (bicyclic) bond motifs is 2. The van der Waals surface area contributed by atoms with Crippen LogP contribution in [0, 0.1) is 0 Å². The summed E-state index contributed by atoms with van der Waals surface area (Å²) in [5.41, 5.74) is 6.13. The third-order valence-electron chi connectivity index (χ3n) is 7.05. The minimum atomic E-state index is -1.80. The SMILES string of the molecule is CCC[Si]=[Hf]([Cl])[Cl].CCc1cc2c(C3CC3)cccc2[cH-]1.CCc1cc2c(C3CC3)cccc2[cH-]1. The maximum absolute atomic E-state index is 5.65. The van der Waals surface area contributed by atoms with E-state index in [2.05, 4.69) is 81.4 Å². The Morgan fingerprint density at radius 1 is 0.771 bits per heavy atom. The topological polar surface area (TPSA) is 0 Å². The van der Waals surface area contributed by atoms with Gasteiger partial charge in [-0.1, -0.05) is 37.1 Å². The summed E-state index contributed by atoms with van der Waals surface area (Å²) in [6, 6.07) is 24.2. The van der Waals surface area contributed by atoms with Crippen molar-refractivity contribution in [3.8, 4) is 0 Å². The largest absolute Gasteiger partial charge is 0.165 e. The second-order valence-corrected chi connectivity index (χ2v) is 33.5. The molecule has 0 atom stereocenters. The number of benzene rings is 2. The molecule has 0 aliphatic heterocycles. The summed E-state index contributed by atoms with van der Waals surface area (Å²) >= 11 is -1.80. The van der Waals surface area contributed by atoms with Gasteiger partial charge in [0.1, 0.15) is 0 Å². The Hall–Kier alpha value is -0.673. The zero-order valence-electron chi connectivity index (χ0n) is 21.3. The second-order valence-electron chi connectivity index (χ2n) is 9.87. The standard InChI is InChI=1S/2C14H15.C3H7Si.2ClH.Hf/c2*1-2-10-8-12-4-3-5-13(11-6-7-11)14(12)9-10;1-2-3-4;;;/h2*3-5,8-9,11H,2,6-7H2,1H3;2-3H2,1H3;2*1H;/q2*-1;;;;+2/p-2. The minimum Gasteiger partial charge on any atom is -0.165 e. The van der Waals surface area contributed by atoms with Gasteiger partial charge >= 0.3 is 60.5 Å². The molecule has 2 saturated carbocycles. The third-order valence-corrected chi connectivity index (χ3v) is 20.2. The van der Waals surface area contributed by atoms with Crippen molar-refractivity contribution >= 4 is 44.9 Å². The number of hydrogen-bond acceptors (Lipinski definition) is 0. The van der Waals surface area contributed by atoms with Gasteiger partial charge in [-0.15, -0.1) is 69.1 Å². The zero-order valence-corrected chi connectivity index (χ0v) is 27.4. The van der Waals surface area contributed by atoms with Crippen molar-refractivity contribution in [1.82, 2.24) is 0 Å². The van der Waals surface area contributed by atoms with Gasteiger partial charge in [0.25, 0.3) is 0 Å². The zero-order chi connectivity index (χ0) is 24.8. The molecule has 2 aliphatic rings. The quantitative estimate of drug-likeness (QED) is 0.140. The Bertz CT molecular complexity index is 1180. The number of rotatable bonds is 6. The first-order valence-corrected chi connectivity index (χ1v) is 28.8. The average molecular weight is 687 g/mol. The fraction of sp³-hybridized carbons (Fsp3) is 0.419. The summed E-state index contributed by atoms with van der Waals surface area (Å²) in [5, 5.41) is 5.89. The predicted octanol–water partition coefficient (Wildman–Crippen LogP) is 10.4. The molecule has 0 heterocycles. The second kappa shape index (κ2) is 13.2. The molecule has 0 nitrogen and oxygen atoms in total. The van der Waals surface area contributed by atoms with Crippen LogP contribution in [-0.2, 0) is 30.5 Å². The van der Waals surface area contributed by atoms with Crippen LogP contribution in [0.4, 0.5) is 0 Å². The molecule has 0 unspecified atom stereocenters. The van der Waals surface area contributed by atoms with E-state index in [0.29, 0.717) is 0 Å². The first-order valence-electron chi connectivity index (χ1n) is 13.3. The van der Waals surface area contributed by atoms with Gasteiger partial charge in [0.05, 0.1) is 0 Å². The van der Waals surface area contributed by atoms with Crippen LogP contribution in [0.5, 0.6) is 0 Å². The van der Waals surface area contributed by atoms with Crippen molar-refractivity contribution in [2.45, 2.75) is 83.6 Å². The molecule has 0 amide bonds. The van der Waals surface area contributed by atoms with Crippen LogP contribution in [0.2, 0.25) is 6.04 Å². The minimum absolute atomic E-state index is 0.866. The number of halogens is 2. The Balaban J connectivity index is 0.000000132. The van der Waals surface area contributed by atoms with Gasteiger partial charge in [0.15, 0.2) is 0 Å². The van der Waals surface area contributed by atoms with Crippen LogP contribution in [0.3, 0.4) is 0 Å². The molecule has 2 fully saturated rings. The van der Waals surface area contributed by atoms with Crippen molar-refractivity contribution in [3.63, 3.8) is 0 Å². The maximum Gasteiger partial charge on any atom is -0.0251 e. The van der Waals surface area contributed by atoms with E-state index in [0.717, 1.165) is 30.9 Å². The number of aryl methyl sites for hydroxylation is 2. The molecule has 0 N–H and O–H groups in total. The van der Waals surface area contributed by atoms with Crippen molar-refractivity contribution in [2.24, 2.45) is 0 Å². The van der Waals surface area contributed by atoms with Crippen molar-refractivity contribution in [2.75, 3.05) is 0 Å². The normalized spacial score (nSPS) is 14.8. The van der Waals surface area contributed by atoms with E-state index in [1.54, 1.807) is 11.1 Å². The molecule has 4 aromatic carbocycles. The van der Waals surface area contributed by atoms with E-state index < -0.39 is 17.7 Å². The van der Waals surface area contributed by atoms with Gasteiger partial charge in [-0.05, 0) is 50.4 Å².